The molecule has 2 atom stereocenters. The van der Waals surface area contributed by atoms with E-state index in [1.165, 1.54) is 17.3 Å². The lowest BCUT2D eigenvalue weighted by Crippen LogP contribution is -2.40. The first-order chi connectivity index (χ1) is 13.6. The van der Waals surface area contributed by atoms with Gasteiger partial charge in [-0.3, -0.25) is 4.79 Å². The van der Waals surface area contributed by atoms with Crippen LogP contribution in [0.5, 0.6) is 5.75 Å². The van der Waals surface area contributed by atoms with E-state index in [1.54, 1.807) is 7.11 Å². The molecular weight excluding hydrogens is 374 g/mol. The Morgan fingerprint density at radius 3 is 2.71 bits per heavy atom. The Hall–Kier alpha value is -2.80. The van der Waals surface area contributed by atoms with Crippen LogP contribution in [0.4, 0.5) is 5.69 Å². The zero-order chi connectivity index (χ0) is 19.7. The quantitative estimate of drug-likeness (QED) is 0.603. The number of hydrogen-bond donors (Lipinski definition) is 0. The fourth-order valence-corrected chi connectivity index (χ4v) is 4.14. The topological polar surface area (TPSA) is 68.5 Å². The van der Waals surface area contributed by atoms with Crippen molar-refractivity contribution in [2.75, 3.05) is 12.0 Å². The fourth-order valence-electron chi connectivity index (χ4n) is 3.41. The number of carbonyl (C=O) groups excluding carboxylic acids is 1. The van der Waals surface area contributed by atoms with Crippen molar-refractivity contribution in [3.05, 3.63) is 54.1 Å². The molecule has 1 aliphatic heterocycles. The first-order valence-corrected chi connectivity index (χ1v) is 10.0. The van der Waals surface area contributed by atoms with Gasteiger partial charge in [0, 0.05) is 17.3 Å². The molecular formula is C21H21N3O3S. The molecule has 0 fully saturated rings. The van der Waals surface area contributed by atoms with Crippen LogP contribution in [0.2, 0.25) is 0 Å². The zero-order valence-electron chi connectivity index (χ0n) is 16.0. The van der Waals surface area contributed by atoms with Gasteiger partial charge in [0.2, 0.25) is 11.8 Å². The van der Waals surface area contributed by atoms with Crippen molar-refractivity contribution in [3.63, 3.8) is 0 Å². The van der Waals surface area contributed by atoms with E-state index in [0.717, 1.165) is 23.4 Å². The average molecular weight is 395 g/mol. The molecule has 1 amide bonds. The van der Waals surface area contributed by atoms with Gasteiger partial charge in [-0.25, -0.2) is 0 Å². The molecule has 6 nitrogen and oxygen atoms in total. The molecule has 0 unspecified atom stereocenters. The number of hydrogen-bond acceptors (Lipinski definition) is 6. The molecule has 0 spiro atoms. The second-order valence-electron chi connectivity index (χ2n) is 6.75. The number of aromatic nitrogens is 2. The highest BCUT2D eigenvalue weighted by Crippen LogP contribution is 2.35. The maximum absolute atomic E-state index is 13.1. The molecule has 2 aromatic carbocycles. The Morgan fingerprint density at radius 2 is 1.96 bits per heavy atom. The van der Waals surface area contributed by atoms with E-state index in [-0.39, 0.29) is 17.2 Å². The minimum atomic E-state index is -0.335. The monoisotopic (exact) mass is 395 g/mol. The Bertz CT molecular complexity index is 987. The summed E-state index contributed by atoms with van der Waals surface area (Å²) in [7, 11) is 1.62. The summed E-state index contributed by atoms with van der Waals surface area (Å²) in [5, 5.41) is 8.24. The highest BCUT2D eigenvalue weighted by Gasteiger charge is 2.34. The highest BCUT2D eigenvalue weighted by molar-refractivity contribution is 8.00. The van der Waals surface area contributed by atoms with Crippen LogP contribution < -0.4 is 9.64 Å². The minimum absolute atomic E-state index is 0.0478. The summed E-state index contributed by atoms with van der Waals surface area (Å²) in [5.74, 6) is 1.23. The molecule has 0 aliphatic carbocycles. The lowest BCUT2D eigenvalue weighted by atomic mass is 10.1. The SMILES string of the molecule is COc1ccc(-c2nnc(S[C@H](C)C(=O)N3c4ccccc4C[C@H]3C)o2)cc1. The van der Waals surface area contributed by atoms with Gasteiger partial charge < -0.3 is 14.1 Å². The number of anilines is 1. The maximum atomic E-state index is 13.1. The summed E-state index contributed by atoms with van der Waals surface area (Å²) >= 11 is 1.28. The van der Waals surface area contributed by atoms with Gasteiger partial charge >= 0.3 is 0 Å². The molecule has 0 saturated heterocycles. The number of rotatable bonds is 5. The molecule has 4 rings (SSSR count). The molecule has 1 aromatic heterocycles. The normalized spacial score (nSPS) is 16.7. The molecule has 144 valence electrons. The third-order valence-electron chi connectivity index (χ3n) is 4.81. The predicted octanol–water partition coefficient (Wildman–Crippen LogP) is 4.20. The molecule has 0 radical (unpaired) electrons. The lowest BCUT2D eigenvalue weighted by Gasteiger charge is -2.25. The predicted molar refractivity (Wildman–Crippen MR) is 109 cm³/mol. The van der Waals surface area contributed by atoms with E-state index in [0.29, 0.717) is 11.1 Å². The van der Waals surface area contributed by atoms with Gasteiger partial charge in [0.15, 0.2) is 0 Å². The van der Waals surface area contributed by atoms with Crippen LogP contribution in [0.3, 0.4) is 0 Å². The van der Waals surface area contributed by atoms with Gasteiger partial charge in [-0.15, -0.1) is 10.2 Å². The number of methoxy groups -OCH3 is 1. The summed E-state index contributed by atoms with van der Waals surface area (Å²) < 4.78 is 10.9. The summed E-state index contributed by atoms with van der Waals surface area (Å²) in [4.78, 5) is 15.0. The first-order valence-electron chi connectivity index (χ1n) is 9.12. The molecule has 2 heterocycles. The fraction of sp³-hybridized carbons (Fsp3) is 0.286. The van der Waals surface area contributed by atoms with Crippen LogP contribution >= 0.6 is 11.8 Å². The number of benzene rings is 2. The third kappa shape index (κ3) is 3.49. The number of fused-ring (bicyclic) bond motifs is 1. The largest absolute Gasteiger partial charge is 0.497 e. The van der Waals surface area contributed by atoms with E-state index >= 15 is 0 Å². The van der Waals surface area contributed by atoms with Gasteiger partial charge in [-0.2, -0.15) is 0 Å². The Labute approximate surface area is 167 Å². The Morgan fingerprint density at radius 1 is 1.21 bits per heavy atom. The van der Waals surface area contributed by atoms with Gasteiger partial charge in [0.25, 0.3) is 5.22 Å². The van der Waals surface area contributed by atoms with E-state index in [9.17, 15) is 4.79 Å². The number of ether oxygens (including phenoxy) is 1. The van der Waals surface area contributed by atoms with Crippen molar-refractivity contribution < 1.29 is 13.9 Å². The van der Waals surface area contributed by atoms with Gasteiger partial charge in [-0.1, -0.05) is 30.0 Å². The van der Waals surface area contributed by atoms with E-state index in [4.69, 9.17) is 9.15 Å². The van der Waals surface area contributed by atoms with Crippen molar-refractivity contribution in [2.24, 2.45) is 0 Å². The molecule has 3 aromatic rings. The van der Waals surface area contributed by atoms with Crippen LogP contribution in [0.15, 0.2) is 58.2 Å². The molecule has 0 saturated carbocycles. The summed E-state index contributed by atoms with van der Waals surface area (Å²) in [6, 6.07) is 15.6. The van der Waals surface area contributed by atoms with Crippen molar-refractivity contribution in [1.29, 1.82) is 0 Å². The number of para-hydroxylation sites is 1. The standard InChI is InChI=1S/C21H21N3O3S/c1-13-12-16-6-4-5-7-18(16)24(13)20(25)14(2)28-21-23-22-19(27-21)15-8-10-17(26-3)11-9-15/h4-11,13-14H,12H2,1-3H3/t13-,14-/m1/s1. The van der Waals surface area contributed by atoms with Gasteiger partial charge in [0.1, 0.15) is 5.75 Å². The van der Waals surface area contributed by atoms with E-state index in [2.05, 4.69) is 23.2 Å². The van der Waals surface area contributed by atoms with Gasteiger partial charge in [0.05, 0.1) is 12.4 Å². The zero-order valence-corrected chi connectivity index (χ0v) is 16.8. The first kappa shape index (κ1) is 18.6. The lowest BCUT2D eigenvalue weighted by molar-refractivity contribution is -0.118. The molecule has 28 heavy (non-hydrogen) atoms. The molecule has 7 heteroatoms. The number of carbonyl (C=O) groups is 1. The average Bonchev–Trinajstić information content (AvgIpc) is 3.31. The van der Waals surface area contributed by atoms with Crippen molar-refractivity contribution in [2.45, 2.75) is 36.8 Å². The van der Waals surface area contributed by atoms with Crippen LogP contribution in [0.25, 0.3) is 11.5 Å². The highest BCUT2D eigenvalue weighted by atomic mass is 32.2. The third-order valence-corrected chi connectivity index (χ3v) is 5.74. The Kier molecular flexibility index (Phi) is 5.09. The maximum Gasteiger partial charge on any atom is 0.277 e. The van der Waals surface area contributed by atoms with E-state index in [1.807, 2.05) is 54.3 Å². The smallest absolute Gasteiger partial charge is 0.277 e. The van der Waals surface area contributed by atoms with Crippen LogP contribution in [-0.4, -0.2) is 34.5 Å². The molecule has 1 aliphatic rings. The summed E-state index contributed by atoms with van der Waals surface area (Å²) in [6.45, 7) is 3.95. The second-order valence-corrected chi connectivity index (χ2v) is 8.04. The number of thioether (sulfide) groups is 1. The number of amides is 1. The summed E-state index contributed by atoms with van der Waals surface area (Å²) in [5.41, 5.74) is 3.01. The Balaban J connectivity index is 1.47. The minimum Gasteiger partial charge on any atom is -0.497 e. The van der Waals surface area contributed by atoms with Gasteiger partial charge in [-0.05, 0) is 56.2 Å². The van der Waals surface area contributed by atoms with Crippen molar-refractivity contribution in [3.8, 4) is 17.2 Å². The van der Waals surface area contributed by atoms with Crippen LogP contribution in [0.1, 0.15) is 19.4 Å². The van der Waals surface area contributed by atoms with Crippen molar-refractivity contribution in [1.82, 2.24) is 10.2 Å². The number of nitrogens with zero attached hydrogens (tertiary/aromatic N) is 3. The molecule has 0 bridgehead atoms. The van der Waals surface area contributed by atoms with Crippen molar-refractivity contribution >= 4 is 23.4 Å². The molecule has 0 N–H and O–H groups in total. The van der Waals surface area contributed by atoms with E-state index < -0.39 is 0 Å². The second kappa shape index (κ2) is 7.67. The van der Waals surface area contributed by atoms with Crippen LogP contribution in [0, 0.1) is 0 Å². The summed E-state index contributed by atoms with van der Waals surface area (Å²) in [6.07, 6.45) is 0.876. The van der Waals surface area contributed by atoms with Crippen LogP contribution in [-0.2, 0) is 11.2 Å².